The summed E-state index contributed by atoms with van der Waals surface area (Å²) in [7, 11) is 0. The molecule has 0 spiro atoms. The lowest BCUT2D eigenvalue weighted by atomic mass is 10.2. The molecule has 0 bridgehead atoms. The normalized spacial score (nSPS) is 10.2. The van der Waals surface area contributed by atoms with Crippen molar-refractivity contribution in [3.8, 4) is 0 Å². The molecule has 0 unspecified atom stereocenters. The van der Waals surface area contributed by atoms with Gasteiger partial charge in [-0.25, -0.2) is 0 Å². The number of hydrogen-bond acceptors (Lipinski definition) is 4. The molecule has 0 aromatic carbocycles. The SMILES string of the molecule is O=C(CCCNC(=O)c1cccs1)NCCc1ccccn1. The van der Waals surface area contributed by atoms with Crippen LogP contribution in [0.25, 0.3) is 0 Å². The Labute approximate surface area is 133 Å². The quantitative estimate of drug-likeness (QED) is 0.732. The fraction of sp³-hybridized carbons (Fsp3) is 0.312. The molecule has 116 valence electrons. The van der Waals surface area contributed by atoms with Gasteiger partial charge in [0.15, 0.2) is 0 Å². The molecule has 0 saturated heterocycles. The standard InChI is InChI=1S/C16H19N3O2S/c20-15(18-11-8-13-5-1-2-9-17-13)7-3-10-19-16(21)14-6-4-12-22-14/h1-2,4-6,9,12H,3,7-8,10-11H2,(H,18,20)(H,19,21). The minimum atomic E-state index is -0.0782. The molecule has 0 radical (unpaired) electrons. The minimum Gasteiger partial charge on any atom is -0.356 e. The van der Waals surface area contributed by atoms with Gasteiger partial charge in [-0.2, -0.15) is 0 Å². The maximum absolute atomic E-state index is 11.7. The second-order valence-electron chi connectivity index (χ2n) is 4.76. The fourth-order valence-electron chi connectivity index (χ4n) is 1.91. The maximum atomic E-state index is 11.7. The zero-order valence-corrected chi connectivity index (χ0v) is 13.1. The summed E-state index contributed by atoms with van der Waals surface area (Å²) in [6.07, 6.45) is 3.51. The van der Waals surface area contributed by atoms with Gasteiger partial charge in [0.2, 0.25) is 5.91 Å². The van der Waals surface area contributed by atoms with Crippen LogP contribution in [0, 0.1) is 0 Å². The average Bonchev–Trinajstić information content (AvgIpc) is 3.07. The highest BCUT2D eigenvalue weighted by Crippen LogP contribution is 2.07. The Balaban J connectivity index is 1.53. The zero-order chi connectivity index (χ0) is 15.6. The van der Waals surface area contributed by atoms with Crippen LogP contribution in [0.2, 0.25) is 0 Å². The van der Waals surface area contributed by atoms with Gasteiger partial charge in [-0.1, -0.05) is 12.1 Å². The van der Waals surface area contributed by atoms with E-state index in [9.17, 15) is 9.59 Å². The van der Waals surface area contributed by atoms with E-state index in [-0.39, 0.29) is 11.8 Å². The predicted octanol–water partition coefficient (Wildman–Crippen LogP) is 2.01. The van der Waals surface area contributed by atoms with E-state index in [4.69, 9.17) is 0 Å². The van der Waals surface area contributed by atoms with Gasteiger partial charge in [-0.3, -0.25) is 14.6 Å². The van der Waals surface area contributed by atoms with Crippen LogP contribution in [0.4, 0.5) is 0 Å². The Hall–Kier alpha value is -2.21. The summed E-state index contributed by atoms with van der Waals surface area (Å²) in [6.45, 7) is 1.09. The first-order valence-electron chi connectivity index (χ1n) is 7.24. The zero-order valence-electron chi connectivity index (χ0n) is 12.2. The van der Waals surface area contributed by atoms with Crippen LogP contribution in [-0.4, -0.2) is 29.9 Å². The lowest BCUT2D eigenvalue weighted by Gasteiger charge is -2.06. The van der Waals surface area contributed by atoms with Crippen LogP contribution in [0.15, 0.2) is 41.9 Å². The molecule has 0 fully saturated rings. The lowest BCUT2D eigenvalue weighted by molar-refractivity contribution is -0.121. The number of nitrogens with one attached hydrogen (secondary N) is 2. The lowest BCUT2D eigenvalue weighted by Crippen LogP contribution is -2.28. The first kappa shape index (κ1) is 16.2. The molecular weight excluding hydrogens is 298 g/mol. The van der Waals surface area contributed by atoms with Gasteiger partial charge in [0.1, 0.15) is 0 Å². The number of carbonyl (C=O) groups excluding carboxylic acids is 2. The highest BCUT2D eigenvalue weighted by Gasteiger charge is 2.06. The van der Waals surface area contributed by atoms with Crippen molar-refractivity contribution < 1.29 is 9.59 Å². The number of carbonyl (C=O) groups is 2. The van der Waals surface area contributed by atoms with Crippen molar-refractivity contribution in [2.75, 3.05) is 13.1 Å². The molecule has 0 saturated carbocycles. The predicted molar refractivity (Wildman–Crippen MR) is 86.8 cm³/mol. The molecule has 2 heterocycles. The molecule has 2 aromatic rings. The Morgan fingerprint density at radius 1 is 1.09 bits per heavy atom. The van der Waals surface area contributed by atoms with E-state index < -0.39 is 0 Å². The van der Waals surface area contributed by atoms with Gasteiger partial charge in [0.25, 0.3) is 5.91 Å². The van der Waals surface area contributed by atoms with Gasteiger partial charge in [0.05, 0.1) is 4.88 Å². The smallest absolute Gasteiger partial charge is 0.261 e. The third-order valence-corrected chi connectivity index (χ3v) is 3.91. The van der Waals surface area contributed by atoms with Crippen molar-refractivity contribution in [3.05, 3.63) is 52.5 Å². The molecule has 2 amide bonds. The summed E-state index contributed by atoms with van der Waals surface area (Å²) in [6, 6.07) is 9.36. The van der Waals surface area contributed by atoms with E-state index in [0.717, 1.165) is 12.1 Å². The Kier molecular flexibility index (Phi) is 6.57. The highest BCUT2D eigenvalue weighted by atomic mass is 32.1. The molecular formula is C16H19N3O2S. The van der Waals surface area contributed by atoms with Crippen LogP contribution in [0.1, 0.15) is 28.2 Å². The summed E-state index contributed by atoms with van der Waals surface area (Å²) in [5.74, 6) is -0.0770. The first-order valence-corrected chi connectivity index (χ1v) is 8.12. The Bertz CT molecular complexity index is 585. The summed E-state index contributed by atoms with van der Waals surface area (Å²) in [4.78, 5) is 28.2. The van der Waals surface area contributed by atoms with Gasteiger partial charge >= 0.3 is 0 Å². The van der Waals surface area contributed by atoms with Crippen LogP contribution >= 0.6 is 11.3 Å². The minimum absolute atomic E-state index is 0.00121. The third-order valence-electron chi connectivity index (χ3n) is 3.04. The molecule has 22 heavy (non-hydrogen) atoms. The van der Waals surface area contributed by atoms with Crippen molar-refractivity contribution in [1.82, 2.24) is 15.6 Å². The highest BCUT2D eigenvalue weighted by molar-refractivity contribution is 7.12. The molecule has 5 nitrogen and oxygen atoms in total. The summed E-state index contributed by atoms with van der Waals surface area (Å²) in [5.41, 5.74) is 0.964. The second-order valence-corrected chi connectivity index (χ2v) is 5.71. The van der Waals surface area contributed by atoms with Crippen molar-refractivity contribution in [1.29, 1.82) is 0 Å². The number of amides is 2. The molecule has 0 aliphatic heterocycles. The molecule has 6 heteroatoms. The second kappa shape index (κ2) is 8.94. The summed E-state index contributed by atoms with van der Waals surface area (Å²) in [5, 5.41) is 7.53. The van der Waals surface area contributed by atoms with Crippen LogP contribution in [0.3, 0.4) is 0 Å². The monoisotopic (exact) mass is 317 g/mol. The largest absolute Gasteiger partial charge is 0.356 e. The molecule has 2 aromatic heterocycles. The van der Waals surface area contributed by atoms with Crippen molar-refractivity contribution in [2.24, 2.45) is 0 Å². The number of aromatic nitrogens is 1. The Morgan fingerprint density at radius 2 is 2.00 bits per heavy atom. The number of pyridine rings is 1. The van der Waals surface area contributed by atoms with Crippen LogP contribution < -0.4 is 10.6 Å². The molecule has 2 rings (SSSR count). The summed E-state index contributed by atoms with van der Waals surface area (Å²) < 4.78 is 0. The molecule has 0 aliphatic rings. The van der Waals surface area contributed by atoms with E-state index in [1.54, 1.807) is 12.3 Å². The average molecular weight is 317 g/mol. The Morgan fingerprint density at radius 3 is 2.73 bits per heavy atom. The maximum Gasteiger partial charge on any atom is 0.261 e. The topological polar surface area (TPSA) is 71.1 Å². The van der Waals surface area contributed by atoms with Crippen molar-refractivity contribution >= 4 is 23.2 Å². The van der Waals surface area contributed by atoms with Crippen LogP contribution in [0.5, 0.6) is 0 Å². The molecule has 0 atom stereocenters. The van der Waals surface area contributed by atoms with E-state index in [1.807, 2.05) is 29.6 Å². The van der Waals surface area contributed by atoms with Gasteiger partial charge < -0.3 is 10.6 Å². The van der Waals surface area contributed by atoms with E-state index in [2.05, 4.69) is 15.6 Å². The van der Waals surface area contributed by atoms with E-state index in [0.29, 0.717) is 30.8 Å². The number of rotatable bonds is 8. The van der Waals surface area contributed by atoms with Gasteiger partial charge in [-0.15, -0.1) is 11.3 Å². The van der Waals surface area contributed by atoms with Crippen molar-refractivity contribution in [2.45, 2.75) is 19.3 Å². The summed E-state index contributed by atoms with van der Waals surface area (Å²) >= 11 is 1.41. The number of hydrogen-bond donors (Lipinski definition) is 2. The molecule has 0 aliphatic carbocycles. The fourth-order valence-corrected chi connectivity index (χ4v) is 2.55. The third kappa shape index (κ3) is 5.65. The van der Waals surface area contributed by atoms with Crippen molar-refractivity contribution in [3.63, 3.8) is 0 Å². The number of thiophene rings is 1. The van der Waals surface area contributed by atoms with Crippen LogP contribution in [-0.2, 0) is 11.2 Å². The van der Waals surface area contributed by atoms with Gasteiger partial charge in [-0.05, 0) is 30.0 Å². The molecule has 2 N–H and O–H groups in total. The van der Waals surface area contributed by atoms with E-state index in [1.165, 1.54) is 11.3 Å². The number of nitrogens with zero attached hydrogens (tertiary/aromatic N) is 1. The first-order chi connectivity index (χ1) is 10.8. The van der Waals surface area contributed by atoms with Gasteiger partial charge in [0, 0.05) is 37.8 Å². The van der Waals surface area contributed by atoms with E-state index >= 15 is 0 Å².